The van der Waals surface area contributed by atoms with Gasteiger partial charge < -0.3 is 19.9 Å². The van der Waals surface area contributed by atoms with Crippen molar-refractivity contribution in [2.45, 2.75) is 83.0 Å². The van der Waals surface area contributed by atoms with Crippen LogP contribution in [-0.4, -0.2) is 47.0 Å². The smallest absolute Gasteiger partial charge is 0.407 e. The molecule has 39 heavy (non-hydrogen) atoms. The molecule has 0 saturated heterocycles. The number of aliphatic hydroxyl groups is 1. The van der Waals surface area contributed by atoms with Crippen molar-refractivity contribution in [3.8, 4) is 0 Å². The summed E-state index contributed by atoms with van der Waals surface area (Å²) in [6.45, 7) is 7.37. The van der Waals surface area contributed by atoms with Gasteiger partial charge >= 0.3 is 12.1 Å². The van der Waals surface area contributed by atoms with Crippen molar-refractivity contribution in [2.24, 2.45) is 0 Å². The number of hydrogen-bond donors (Lipinski definition) is 2. The molecule has 7 nitrogen and oxygen atoms in total. The third-order valence-corrected chi connectivity index (χ3v) is 7.72. The number of methoxy groups -OCH3 is 1. The Balaban J connectivity index is 1.88. The van der Waals surface area contributed by atoms with Crippen LogP contribution in [0.25, 0.3) is 0 Å². The summed E-state index contributed by atoms with van der Waals surface area (Å²) in [5, 5.41) is 15.3. The van der Waals surface area contributed by atoms with Crippen molar-refractivity contribution in [2.75, 3.05) is 7.11 Å². The molecule has 0 aliphatic rings. The predicted octanol–water partition coefficient (Wildman–Crippen LogP) is 6.02. The van der Waals surface area contributed by atoms with Crippen LogP contribution >= 0.6 is 11.3 Å². The number of benzene rings is 2. The van der Waals surface area contributed by atoms with Crippen LogP contribution in [0.5, 0.6) is 0 Å². The number of aliphatic hydroxyl groups excluding tert-OH is 1. The van der Waals surface area contributed by atoms with Crippen molar-refractivity contribution in [1.82, 2.24) is 10.3 Å². The average Bonchev–Trinajstić information content (AvgIpc) is 3.38. The summed E-state index contributed by atoms with van der Waals surface area (Å²) in [5.41, 5.74) is 1.46. The SMILES string of the molecule is CCC(C(=O)OC)c1cnc(C(Cc2ccccc2)C[C@H](O)[C@H](Cc2ccccc2)NC(=O)OC(C)(C)C)s1. The lowest BCUT2D eigenvalue weighted by molar-refractivity contribution is -0.142. The van der Waals surface area contributed by atoms with Crippen LogP contribution in [0.15, 0.2) is 66.9 Å². The first-order chi connectivity index (χ1) is 18.6. The van der Waals surface area contributed by atoms with Gasteiger partial charge in [-0.15, -0.1) is 11.3 Å². The Kier molecular flexibility index (Phi) is 11.1. The van der Waals surface area contributed by atoms with Crippen LogP contribution in [0.3, 0.4) is 0 Å². The highest BCUT2D eigenvalue weighted by atomic mass is 32.1. The second kappa shape index (κ2) is 14.2. The third kappa shape index (κ3) is 9.48. The fourth-order valence-electron chi connectivity index (χ4n) is 4.51. The quantitative estimate of drug-likeness (QED) is 0.267. The summed E-state index contributed by atoms with van der Waals surface area (Å²) in [4.78, 5) is 30.6. The van der Waals surface area contributed by atoms with E-state index in [1.807, 2.05) is 76.2 Å². The zero-order valence-corrected chi connectivity index (χ0v) is 24.2. The largest absolute Gasteiger partial charge is 0.469 e. The molecular weight excluding hydrogens is 512 g/mol. The minimum atomic E-state index is -0.874. The number of aromatic nitrogens is 1. The zero-order chi connectivity index (χ0) is 28.4. The van der Waals surface area contributed by atoms with Gasteiger partial charge in [-0.3, -0.25) is 4.79 Å². The van der Waals surface area contributed by atoms with Gasteiger partial charge in [0, 0.05) is 17.0 Å². The number of ether oxygens (including phenoxy) is 2. The molecule has 8 heteroatoms. The van der Waals surface area contributed by atoms with Gasteiger partial charge in [0.25, 0.3) is 0 Å². The van der Waals surface area contributed by atoms with Gasteiger partial charge in [-0.05, 0) is 57.6 Å². The van der Waals surface area contributed by atoms with Crippen molar-refractivity contribution in [3.63, 3.8) is 0 Å². The van der Waals surface area contributed by atoms with E-state index in [-0.39, 0.29) is 17.8 Å². The summed E-state index contributed by atoms with van der Waals surface area (Å²) in [7, 11) is 1.39. The number of rotatable bonds is 12. The number of esters is 1. The van der Waals surface area contributed by atoms with E-state index in [1.165, 1.54) is 18.4 Å². The van der Waals surface area contributed by atoms with Crippen molar-refractivity contribution in [3.05, 3.63) is 87.9 Å². The maximum absolute atomic E-state index is 12.7. The Morgan fingerprint density at radius 2 is 1.59 bits per heavy atom. The van der Waals surface area contributed by atoms with E-state index in [1.54, 1.807) is 6.20 Å². The van der Waals surface area contributed by atoms with E-state index < -0.39 is 23.8 Å². The number of carbonyl (C=O) groups excluding carboxylic acids is 2. The molecule has 0 aliphatic heterocycles. The normalized spacial score (nSPS) is 14.6. The van der Waals surface area contributed by atoms with Gasteiger partial charge in [0.2, 0.25) is 0 Å². The van der Waals surface area contributed by atoms with Crippen molar-refractivity contribution < 1.29 is 24.2 Å². The maximum atomic E-state index is 12.7. The van der Waals surface area contributed by atoms with Crippen LogP contribution in [-0.2, 0) is 27.1 Å². The molecule has 0 aliphatic carbocycles. The second-order valence-corrected chi connectivity index (χ2v) is 11.8. The first kappa shape index (κ1) is 30.3. The molecule has 1 aromatic heterocycles. The van der Waals surface area contributed by atoms with Gasteiger partial charge in [0.1, 0.15) is 5.60 Å². The molecular formula is C31H40N2O5S. The third-order valence-electron chi connectivity index (χ3n) is 6.44. The number of nitrogens with zero attached hydrogens (tertiary/aromatic N) is 1. The molecule has 1 heterocycles. The fourth-order valence-corrected chi connectivity index (χ4v) is 5.72. The zero-order valence-electron chi connectivity index (χ0n) is 23.4. The highest BCUT2D eigenvalue weighted by Gasteiger charge is 2.30. The van der Waals surface area contributed by atoms with E-state index in [2.05, 4.69) is 17.4 Å². The maximum Gasteiger partial charge on any atom is 0.407 e. The molecule has 0 saturated carbocycles. The second-order valence-electron chi connectivity index (χ2n) is 10.7. The Morgan fingerprint density at radius 3 is 2.13 bits per heavy atom. The number of alkyl carbamates (subject to hydrolysis) is 1. The molecule has 0 spiro atoms. The summed E-state index contributed by atoms with van der Waals surface area (Å²) < 4.78 is 10.5. The Hall–Kier alpha value is -3.23. The number of nitrogens with one attached hydrogen (secondary N) is 1. The van der Waals surface area contributed by atoms with E-state index in [0.717, 1.165) is 21.0 Å². The van der Waals surface area contributed by atoms with Crippen LogP contribution in [0.1, 0.15) is 73.4 Å². The molecule has 2 N–H and O–H groups in total. The van der Waals surface area contributed by atoms with Gasteiger partial charge in [-0.2, -0.15) is 0 Å². The van der Waals surface area contributed by atoms with E-state index in [9.17, 15) is 14.7 Å². The van der Waals surface area contributed by atoms with Gasteiger partial charge in [0.05, 0.1) is 30.2 Å². The summed E-state index contributed by atoms with van der Waals surface area (Å²) >= 11 is 1.48. The Morgan fingerprint density at radius 1 is 1.00 bits per heavy atom. The number of carbonyl (C=O) groups is 2. The first-order valence-corrected chi connectivity index (χ1v) is 14.2. The lowest BCUT2D eigenvalue weighted by atomic mass is 9.89. The molecule has 4 atom stereocenters. The first-order valence-electron chi connectivity index (χ1n) is 13.4. The summed E-state index contributed by atoms with van der Waals surface area (Å²) in [6.07, 6.45) is 2.38. The number of amides is 1. The van der Waals surface area contributed by atoms with E-state index in [0.29, 0.717) is 25.7 Å². The highest BCUT2D eigenvalue weighted by Crippen LogP contribution is 2.34. The Bertz CT molecular complexity index is 1180. The summed E-state index contributed by atoms with van der Waals surface area (Å²) in [5.74, 6) is -0.782. The van der Waals surface area contributed by atoms with Crippen LogP contribution < -0.4 is 5.32 Å². The van der Waals surface area contributed by atoms with E-state index in [4.69, 9.17) is 14.5 Å². The average molecular weight is 553 g/mol. The van der Waals surface area contributed by atoms with Gasteiger partial charge in [-0.1, -0.05) is 67.6 Å². The Labute approximate surface area is 235 Å². The molecule has 210 valence electrons. The van der Waals surface area contributed by atoms with E-state index >= 15 is 0 Å². The minimum absolute atomic E-state index is 0.130. The highest BCUT2D eigenvalue weighted by molar-refractivity contribution is 7.11. The number of thiazole rings is 1. The van der Waals surface area contributed by atoms with Gasteiger partial charge in [-0.25, -0.2) is 9.78 Å². The fraction of sp³-hybridized carbons (Fsp3) is 0.452. The molecule has 1 amide bonds. The van der Waals surface area contributed by atoms with Crippen LogP contribution in [0.4, 0.5) is 4.79 Å². The van der Waals surface area contributed by atoms with Crippen LogP contribution in [0.2, 0.25) is 0 Å². The molecule has 3 rings (SSSR count). The summed E-state index contributed by atoms with van der Waals surface area (Å²) in [6, 6.07) is 19.2. The lowest BCUT2D eigenvalue weighted by Gasteiger charge is -2.29. The minimum Gasteiger partial charge on any atom is -0.469 e. The molecule has 0 radical (unpaired) electrons. The van der Waals surface area contributed by atoms with Crippen molar-refractivity contribution >= 4 is 23.4 Å². The number of hydrogen-bond acceptors (Lipinski definition) is 7. The molecule has 3 aromatic rings. The molecule has 0 fully saturated rings. The lowest BCUT2D eigenvalue weighted by Crippen LogP contribution is -2.47. The molecule has 2 aromatic carbocycles. The van der Waals surface area contributed by atoms with Gasteiger partial charge in [0.15, 0.2) is 0 Å². The monoisotopic (exact) mass is 552 g/mol. The predicted molar refractivity (Wildman–Crippen MR) is 154 cm³/mol. The standard InChI is InChI=1S/C31H40N2O5S/c1-6-24(29(35)37-5)27-20-32-28(39-27)23(17-21-13-9-7-10-14-21)19-26(34)25(18-22-15-11-8-12-16-22)33-30(36)38-31(2,3)4/h7-16,20,23-26,34H,6,17-19H2,1-5H3,(H,33,36)/t23?,24?,25-,26-/m0/s1. The molecule has 0 bridgehead atoms. The topological polar surface area (TPSA) is 97.8 Å². The van der Waals surface area contributed by atoms with Crippen molar-refractivity contribution in [1.29, 1.82) is 0 Å². The van der Waals surface area contributed by atoms with Crippen LogP contribution in [0, 0.1) is 0 Å². The molecule has 2 unspecified atom stereocenters.